The lowest BCUT2D eigenvalue weighted by Gasteiger charge is -2.10. The number of hydrogen-bond donors (Lipinski definition) is 2. The van der Waals surface area contributed by atoms with E-state index >= 15 is 0 Å². The molecule has 1 saturated carbocycles. The summed E-state index contributed by atoms with van der Waals surface area (Å²) in [7, 11) is 0. The van der Waals surface area contributed by atoms with Gasteiger partial charge in [-0.1, -0.05) is 18.2 Å². The highest BCUT2D eigenvalue weighted by atomic mass is 19.4. The van der Waals surface area contributed by atoms with Crippen LogP contribution in [0.4, 0.5) is 13.2 Å². The van der Waals surface area contributed by atoms with E-state index in [1.165, 1.54) is 12.1 Å². The largest absolute Gasteiger partial charge is 0.481 e. The number of carboxylic acid groups (broad SMARTS) is 1. The van der Waals surface area contributed by atoms with Gasteiger partial charge in [-0.05, 0) is 47.2 Å². The Morgan fingerprint density at radius 1 is 1.16 bits per heavy atom. The SMILES string of the molecule is O=C(O)[C@@H]1CC1c1cc(-c2ccc(C(F)(F)F)cc2)cc2[nH]ncc12. The number of rotatable bonds is 3. The van der Waals surface area contributed by atoms with Crippen LogP contribution in [0.3, 0.4) is 0 Å². The van der Waals surface area contributed by atoms with Crippen LogP contribution in [0.25, 0.3) is 22.0 Å². The first-order chi connectivity index (χ1) is 11.8. The van der Waals surface area contributed by atoms with E-state index in [1.54, 1.807) is 6.20 Å². The molecule has 0 spiro atoms. The molecular weight excluding hydrogens is 333 g/mol. The monoisotopic (exact) mass is 346 g/mol. The average Bonchev–Trinajstić information content (AvgIpc) is 3.23. The summed E-state index contributed by atoms with van der Waals surface area (Å²) in [6.45, 7) is 0. The highest BCUT2D eigenvalue weighted by Crippen LogP contribution is 2.50. The van der Waals surface area contributed by atoms with Gasteiger partial charge in [0.25, 0.3) is 0 Å². The lowest BCUT2D eigenvalue weighted by Crippen LogP contribution is -2.04. The molecule has 0 amide bonds. The Bertz CT molecular complexity index is 961. The van der Waals surface area contributed by atoms with Gasteiger partial charge in [-0.3, -0.25) is 9.89 Å². The van der Waals surface area contributed by atoms with Crippen LogP contribution in [0.1, 0.15) is 23.5 Å². The molecule has 1 unspecified atom stereocenters. The van der Waals surface area contributed by atoms with E-state index in [4.69, 9.17) is 0 Å². The molecule has 2 N–H and O–H groups in total. The van der Waals surface area contributed by atoms with Crippen LogP contribution < -0.4 is 0 Å². The molecule has 0 aliphatic heterocycles. The summed E-state index contributed by atoms with van der Waals surface area (Å²) in [6, 6.07) is 8.60. The topological polar surface area (TPSA) is 66.0 Å². The molecule has 128 valence electrons. The molecule has 25 heavy (non-hydrogen) atoms. The summed E-state index contributed by atoms with van der Waals surface area (Å²) in [5.41, 5.74) is 2.28. The van der Waals surface area contributed by atoms with E-state index < -0.39 is 23.6 Å². The Kier molecular flexibility index (Phi) is 3.35. The lowest BCUT2D eigenvalue weighted by molar-refractivity contribution is -0.139. The van der Waals surface area contributed by atoms with Crippen LogP contribution in [-0.4, -0.2) is 21.3 Å². The minimum absolute atomic E-state index is 0.0907. The van der Waals surface area contributed by atoms with Crippen LogP contribution in [0, 0.1) is 5.92 Å². The molecule has 4 nitrogen and oxygen atoms in total. The van der Waals surface area contributed by atoms with Gasteiger partial charge in [0.15, 0.2) is 0 Å². The quantitative estimate of drug-likeness (QED) is 0.737. The number of aliphatic carboxylic acids is 1. The van der Waals surface area contributed by atoms with Gasteiger partial charge < -0.3 is 5.11 Å². The average molecular weight is 346 g/mol. The van der Waals surface area contributed by atoms with Crippen LogP contribution >= 0.6 is 0 Å². The van der Waals surface area contributed by atoms with E-state index in [0.717, 1.165) is 34.2 Å². The Hall–Kier alpha value is -2.83. The number of nitrogens with zero attached hydrogens (tertiary/aromatic N) is 1. The number of carboxylic acids is 1. The molecule has 7 heteroatoms. The molecule has 1 aliphatic carbocycles. The Morgan fingerprint density at radius 2 is 1.88 bits per heavy atom. The van der Waals surface area contributed by atoms with Crippen LogP contribution in [-0.2, 0) is 11.0 Å². The molecule has 1 heterocycles. The number of alkyl halides is 3. The molecular formula is C18H13F3N2O2. The minimum atomic E-state index is -4.38. The van der Waals surface area contributed by atoms with Gasteiger partial charge in [-0.2, -0.15) is 18.3 Å². The molecule has 0 radical (unpaired) electrons. The Morgan fingerprint density at radius 3 is 2.48 bits per heavy atom. The number of carbonyl (C=O) groups is 1. The van der Waals surface area contributed by atoms with E-state index in [1.807, 2.05) is 12.1 Å². The highest BCUT2D eigenvalue weighted by Gasteiger charge is 2.45. The van der Waals surface area contributed by atoms with Gasteiger partial charge in [-0.25, -0.2) is 0 Å². The minimum Gasteiger partial charge on any atom is -0.481 e. The maximum absolute atomic E-state index is 12.7. The third kappa shape index (κ3) is 2.75. The molecule has 2 atom stereocenters. The molecule has 3 aromatic rings. The van der Waals surface area contributed by atoms with Gasteiger partial charge in [0.2, 0.25) is 0 Å². The molecule has 4 rings (SSSR count). The molecule has 2 aromatic carbocycles. The number of halogens is 3. The standard InChI is InChI=1S/C18H13F3N2O2/c19-18(20,21)11-3-1-9(2-4-11)10-5-12(13-7-14(13)17(24)25)15-8-22-23-16(15)6-10/h1-6,8,13-14H,7H2,(H,22,23)(H,24,25)/t13?,14-/m1/s1. The maximum atomic E-state index is 12.7. The molecule has 0 saturated heterocycles. The fourth-order valence-corrected chi connectivity index (χ4v) is 3.22. The summed E-state index contributed by atoms with van der Waals surface area (Å²) in [6.07, 6.45) is -2.16. The number of nitrogens with one attached hydrogen (secondary N) is 1. The van der Waals surface area contributed by atoms with Crippen LogP contribution in [0.15, 0.2) is 42.6 Å². The van der Waals surface area contributed by atoms with E-state index in [-0.39, 0.29) is 5.92 Å². The fourth-order valence-electron chi connectivity index (χ4n) is 3.22. The van der Waals surface area contributed by atoms with E-state index in [9.17, 15) is 23.1 Å². The number of benzene rings is 2. The van der Waals surface area contributed by atoms with Crippen molar-refractivity contribution in [1.82, 2.24) is 10.2 Å². The fraction of sp³-hybridized carbons (Fsp3) is 0.222. The normalized spacial score (nSPS) is 20.0. The first kappa shape index (κ1) is 15.7. The summed E-state index contributed by atoms with van der Waals surface area (Å²) in [5, 5.41) is 16.9. The number of aromatic amines is 1. The van der Waals surface area contributed by atoms with Crippen molar-refractivity contribution in [1.29, 1.82) is 0 Å². The second-order valence-electron chi connectivity index (χ2n) is 6.26. The summed E-state index contributed by atoms with van der Waals surface area (Å²) in [5.74, 6) is -1.34. The van der Waals surface area contributed by atoms with Crippen molar-refractivity contribution >= 4 is 16.9 Å². The van der Waals surface area contributed by atoms with Crippen molar-refractivity contribution in [2.24, 2.45) is 5.92 Å². The predicted octanol–water partition coefficient (Wildman–Crippen LogP) is 4.44. The smallest absolute Gasteiger partial charge is 0.416 e. The number of H-pyrrole nitrogens is 1. The first-order valence-electron chi connectivity index (χ1n) is 7.72. The summed E-state index contributed by atoms with van der Waals surface area (Å²) in [4.78, 5) is 11.2. The van der Waals surface area contributed by atoms with Crippen molar-refractivity contribution in [3.05, 3.63) is 53.7 Å². The zero-order valence-electron chi connectivity index (χ0n) is 12.8. The number of fused-ring (bicyclic) bond motifs is 1. The molecule has 1 aliphatic rings. The van der Waals surface area contributed by atoms with Gasteiger partial charge >= 0.3 is 12.1 Å². The van der Waals surface area contributed by atoms with Crippen molar-refractivity contribution < 1.29 is 23.1 Å². The van der Waals surface area contributed by atoms with Crippen LogP contribution in [0.2, 0.25) is 0 Å². The summed E-state index contributed by atoms with van der Waals surface area (Å²) < 4.78 is 38.2. The van der Waals surface area contributed by atoms with Crippen molar-refractivity contribution in [2.75, 3.05) is 0 Å². The third-order valence-corrected chi connectivity index (χ3v) is 4.64. The molecule has 1 aromatic heterocycles. The maximum Gasteiger partial charge on any atom is 0.416 e. The van der Waals surface area contributed by atoms with Crippen molar-refractivity contribution in [3.63, 3.8) is 0 Å². The zero-order chi connectivity index (χ0) is 17.8. The highest BCUT2D eigenvalue weighted by molar-refractivity contribution is 5.89. The van der Waals surface area contributed by atoms with Crippen molar-refractivity contribution in [2.45, 2.75) is 18.5 Å². The van der Waals surface area contributed by atoms with Crippen LogP contribution in [0.5, 0.6) is 0 Å². The number of hydrogen-bond acceptors (Lipinski definition) is 2. The Labute approximate surface area is 140 Å². The van der Waals surface area contributed by atoms with E-state index in [0.29, 0.717) is 12.0 Å². The third-order valence-electron chi connectivity index (χ3n) is 4.64. The first-order valence-corrected chi connectivity index (χ1v) is 7.72. The van der Waals surface area contributed by atoms with Gasteiger partial charge in [0.05, 0.1) is 23.2 Å². The Balaban J connectivity index is 1.77. The molecule has 1 fully saturated rings. The zero-order valence-corrected chi connectivity index (χ0v) is 12.8. The second kappa shape index (κ2) is 5.34. The summed E-state index contributed by atoms with van der Waals surface area (Å²) >= 11 is 0. The lowest BCUT2D eigenvalue weighted by atomic mass is 9.96. The molecule has 0 bridgehead atoms. The van der Waals surface area contributed by atoms with E-state index in [2.05, 4.69) is 10.2 Å². The van der Waals surface area contributed by atoms with Gasteiger partial charge in [-0.15, -0.1) is 0 Å². The second-order valence-corrected chi connectivity index (χ2v) is 6.26. The van der Waals surface area contributed by atoms with Gasteiger partial charge in [0, 0.05) is 5.39 Å². The van der Waals surface area contributed by atoms with Crippen molar-refractivity contribution in [3.8, 4) is 11.1 Å². The number of aromatic nitrogens is 2. The van der Waals surface area contributed by atoms with Gasteiger partial charge in [0.1, 0.15) is 0 Å². The predicted molar refractivity (Wildman–Crippen MR) is 85.0 cm³/mol.